The normalized spacial score (nSPS) is 21.9. The fourth-order valence-corrected chi connectivity index (χ4v) is 7.72. The van der Waals surface area contributed by atoms with Crippen molar-refractivity contribution in [1.82, 2.24) is 10.2 Å². The van der Waals surface area contributed by atoms with E-state index < -0.39 is 51.9 Å². The number of hydrogen-bond donors (Lipinski definition) is 1. The molecule has 3 aliphatic rings. The van der Waals surface area contributed by atoms with Crippen LogP contribution in [0, 0.1) is 0 Å². The van der Waals surface area contributed by atoms with Gasteiger partial charge in [0.05, 0.1) is 16.6 Å². The van der Waals surface area contributed by atoms with Crippen molar-refractivity contribution in [3.8, 4) is 0 Å². The minimum atomic E-state index is -1.73. The van der Waals surface area contributed by atoms with Crippen LogP contribution in [0.15, 0.2) is 114 Å². The molecule has 2 saturated heterocycles. The number of para-hydroxylation sites is 1. The van der Waals surface area contributed by atoms with Gasteiger partial charge in [-0.25, -0.2) is 9.59 Å². The molecule has 10 nitrogen and oxygen atoms in total. The van der Waals surface area contributed by atoms with Gasteiger partial charge in [0.2, 0.25) is 0 Å². The number of alkyl carbamates (subject to hydrolysis) is 1. The first-order chi connectivity index (χ1) is 23.0. The number of nitrogens with zero attached hydrogens (tertiary/aromatic N) is 2. The maximum atomic E-state index is 14.3. The van der Waals surface area contributed by atoms with Crippen LogP contribution in [-0.2, 0) is 34.7 Å². The zero-order valence-electron chi connectivity index (χ0n) is 27.0. The smallest absolute Gasteiger partial charge is 0.408 e. The van der Waals surface area contributed by atoms with Crippen LogP contribution in [-0.4, -0.2) is 62.3 Å². The summed E-state index contributed by atoms with van der Waals surface area (Å²) in [4.78, 5) is 57.2. The molecule has 0 aliphatic carbocycles. The summed E-state index contributed by atoms with van der Waals surface area (Å²) in [6, 6.07) is 26.6. The maximum absolute atomic E-state index is 14.3. The van der Waals surface area contributed by atoms with Gasteiger partial charge < -0.3 is 19.7 Å². The molecular weight excluding hydrogens is 630 g/mol. The fourth-order valence-electron chi connectivity index (χ4n) is 6.09. The Morgan fingerprint density at radius 3 is 2.08 bits per heavy atom. The van der Waals surface area contributed by atoms with Crippen molar-refractivity contribution in [2.45, 2.75) is 56.7 Å². The lowest BCUT2D eigenvalue weighted by Crippen LogP contribution is -2.73. The second kappa shape index (κ2) is 13.6. The van der Waals surface area contributed by atoms with Crippen molar-refractivity contribution in [2.24, 2.45) is 0 Å². The number of nitrogens with one attached hydrogen (secondary N) is 1. The lowest BCUT2D eigenvalue weighted by atomic mass is 9.97. The van der Waals surface area contributed by atoms with E-state index in [0.29, 0.717) is 36.1 Å². The van der Waals surface area contributed by atoms with E-state index in [-0.39, 0.29) is 22.9 Å². The molecule has 1 unspecified atom stereocenters. The Labute approximate surface area is 281 Å². The Balaban J connectivity index is 1.39. The summed E-state index contributed by atoms with van der Waals surface area (Å²) in [5.74, 6) is -1.80. The molecule has 48 heavy (non-hydrogen) atoms. The first-order valence-electron chi connectivity index (χ1n) is 15.8. The van der Waals surface area contributed by atoms with Crippen molar-refractivity contribution < 1.29 is 32.9 Å². The number of esters is 1. The predicted molar refractivity (Wildman–Crippen MR) is 181 cm³/mol. The highest BCUT2D eigenvalue weighted by Crippen LogP contribution is 2.38. The zero-order chi connectivity index (χ0) is 34.0. The van der Waals surface area contributed by atoms with Gasteiger partial charge in [-0.1, -0.05) is 78.9 Å². The van der Waals surface area contributed by atoms with Crippen LogP contribution in [0.3, 0.4) is 0 Å². The van der Waals surface area contributed by atoms with E-state index >= 15 is 0 Å². The van der Waals surface area contributed by atoms with E-state index in [9.17, 15) is 23.4 Å². The Morgan fingerprint density at radius 2 is 1.50 bits per heavy atom. The zero-order valence-corrected chi connectivity index (χ0v) is 27.8. The second-order valence-corrected chi connectivity index (χ2v) is 14.3. The topological polar surface area (TPSA) is 122 Å². The van der Waals surface area contributed by atoms with Crippen molar-refractivity contribution >= 4 is 40.4 Å². The van der Waals surface area contributed by atoms with Crippen LogP contribution in [0.25, 0.3) is 0 Å². The number of amides is 3. The number of hydrogen-bond acceptors (Lipinski definition) is 7. The molecule has 3 aromatic rings. The van der Waals surface area contributed by atoms with E-state index in [1.165, 1.54) is 0 Å². The third-order valence-corrected chi connectivity index (χ3v) is 9.83. The summed E-state index contributed by atoms with van der Waals surface area (Å²) in [5.41, 5.74) is 1.96. The molecule has 11 heteroatoms. The lowest BCUT2D eigenvalue weighted by molar-refractivity contribution is -0.153. The van der Waals surface area contributed by atoms with Gasteiger partial charge in [0, 0.05) is 17.8 Å². The van der Waals surface area contributed by atoms with E-state index in [2.05, 4.69) is 5.32 Å². The SMILES string of the molecule is CC(C)(C)OC(=O)N[C@@H]1C(=O)N2C(C(=O)OC(c3ccccc3)c3ccccc3)=C(/C=C3\CCCN(c4ccccc4)C3=O)CS(=O)[C@H]12. The predicted octanol–water partition coefficient (Wildman–Crippen LogP) is 5.15. The molecule has 0 radical (unpaired) electrons. The summed E-state index contributed by atoms with van der Waals surface area (Å²) < 4.78 is 25.3. The van der Waals surface area contributed by atoms with Gasteiger partial charge >= 0.3 is 12.1 Å². The highest BCUT2D eigenvalue weighted by Gasteiger charge is 2.57. The van der Waals surface area contributed by atoms with Crippen LogP contribution < -0.4 is 10.2 Å². The Bertz CT molecular complexity index is 1760. The molecule has 0 saturated carbocycles. The van der Waals surface area contributed by atoms with E-state index in [4.69, 9.17) is 9.47 Å². The molecule has 6 rings (SSSR count). The van der Waals surface area contributed by atoms with Gasteiger partial charge in [-0.3, -0.25) is 18.7 Å². The highest BCUT2D eigenvalue weighted by atomic mass is 32.2. The van der Waals surface area contributed by atoms with Gasteiger partial charge in [0.25, 0.3) is 11.8 Å². The molecule has 3 aliphatic heterocycles. The summed E-state index contributed by atoms with van der Waals surface area (Å²) in [5, 5.41) is 1.51. The minimum Gasteiger partial charge on any atom is -0.448 e. The maximum Gasteiger partial charge on any atom is 0.408 e. The summed E-state index contributed by atoms with van der Waals surface area (Å²) in [6.07, 6.45) is 1.06. The van der Waals surface area contributed by atoms with E-state index in [1.54, 1.807) is 31.7 Å². The molecule has 0 aromatic heterocycles. The molecule has 3 atom stereocenters. The standard InChI is InChI=1S/C37H37N3O7S/c1-37(2,3)47-36(44)38-29-33(42)40-30(35(43)46-31(24-14-7-4-8-15-24)25-16-9-5-10-17-25)27(23-48(45)34(29)40)22-26-18-13-21-39(32(26)41)28-19-11-6-12-20-28/h4-12,14-17,19-20,22,29,31,34H,13,18,21,23H2,1-3H3,(H,38,44)/b26-22+/t29-,34-,48?/m1/s1. The molecule has 0 bridgehead atoms. The largest absolute Gasteiger partial charge is 0.448 e. The first-order valence-corrected chi connectivity index (χ1v) is 17.2. The number of rotatable bonds is 7. The number of carbonyl (C=O) groups excluding carboxylic acids is 4. The summed E-state index contributed by atoms with van der Waals surface area (Å²) in [6.45, 7) is 5.61. The minimum absolute atomic E-state index is 0.0964. The van der Waals surface area contributed by atoms with Crippen LogP contribution in [0.2, 0.25) is 0 Å². The molecule has 2 fully saturated rings. The highest BCUT2D eigenvalue weighted by molar-refractivity contribution is 7.86. The quantitative estimate of drug-likeness (QED) is 0.210. The molecule has 3 heterocycles. The van der Waals surface area contributed by atoms with Gasteiger partial charge in [-0.15, -0.1) is 0 Å². The van der Waals surface area contributed by atoms with Crippen LogP contribution in [0.1, 0.15) is 50.8 Å². The van der Waals surface area contributed by atoms with Crippen LogP contribution in [0.4, 0.5) is 10.5 Å². The summed E-state index contributed by atoms with van der Waals surface area (Å²) in [7, 11) is -1.73. The average Bonchev–Trinajstić information content (AvgIpc) is 3.07. The number of allylic oxidation sites excluding steroid dienone is 1. The average molecular weight is 668 g/mol. The van der Waals surface area contributed by atoms with Gasteiger partial charge in [-0.05, 0) is 68.5 Å². The van der Waals surface area contributed by atoms with E-state index in [0.717, 1.165) is 10.6 Å². The van der Waals surface area contributed by atoms with E-state index in [1.807, 2.05) is 91.0 Å². The van der Waals surface area contributed by atoms with Crippen molar-refractivity contribution in [3.63, 3.8) is 0 Å². The number of carbonyl (C=O) groups is 4. The number of β-lactam (4-membered cyclic amide) rings is 1. The Morgan fingerprint density at radius 1 is 0.917 bits per heavy atom. The van der Waals surface area contributed by atoms with Crippen LogP contribution in [0.5, 0.6) is 0 Å². The number of anilines is 1. The van der Waals surface area contributed by atoms with Crippen molar-refractivity contribution in [2.75, 3.05) is 17.2 Å². The third-order valence-electron chi connectivity index (χ3n) is 8.21. The lowest BCUT2D eigenvalue weighted by Gasteiger charge is -2.49. The molecule has 3 amide bonds. The fraction of sp³-hybridized carbons (Fsp3) is 0.297. The Kier molecular flexibility index (Phi) is 9.32. The number of piperidine rings is 1. The van der Waals surface area contributed by atoms with Gasteiger partial charge in [0.1, 0.15) is 22.7 Å². The van der Waals surface area contributed by atoms with Gasteiger partial charge in [0.15, 0.2) is 6.10 Å². The molecule has 248 valence electrons. The first kappa shape index (κ1) is 32.9. The number of fused-ring (bicyclic) bond motifs is 1. The van der Waals surface area contributed by atoms with Gasteiger partial charge in [-0.2, -0.15) is 0 Å². The van der Waals surface area contributed by atoms with Crippen LogP contribution >= 0.6 is 0 Å². The third kappa shape index (κ3) is 6.82. The van der Waals surface area contributed by atoms with Crippen molar-refractivity contribution in [3.05, 3.63) is 125 Å². The monoisotopic (exact) mass is 667 g/mol. The molecule has 0 spiro atoms. The molecule has 1 N–H and O–H groups in total. The summed E-state index contributed by atoms with van der Waals surface area (Å²) >= 11 is 0. The number of ether oxygens (including phenoxy) is 2. The molecule has 3 aromatic carbocycles. The molecular formula is C37H37N3O7S. The number of benzene rings is 3. The Hall–Kier alpha value is -5.03. The second-order valence-electron chi connectivity index (χ2n) is 12.8. The van der Waals surface area contributed by atoms with Crippen molar-refractivity contribution in [1.29, 1.82) is 0 Å².